The molecule has 0 aromatic heterocycles. The molecule has 0 N–H and O–H groups in total. The van der Waals surface area contributed by atoms with Crippen molar-refractivity contribution in [3.8, 4) is 0 Å². The quantitative estimate of drug-likeness (QED) is 0.735. The molecule has 1 aliphatic carbocycles. The molecule has 0 aromatic carbocycles. The number of hydrogen-bond acceptors (Lipinski definition) is 3. The van der Waals surface area contributed by atoms with Crippen LogP contribution in [0.1, 0.15) is 72.1 Å². The average Bonchev–Trinajstić information content (AvgIpc) is 2.93. The molecule has 0 bridgehead atoms. The van der Waals surface area contributed by atoms with E-state index in [0.717, 1.165) is 51.6 Å². The van der Waals surface area contributed by atoms with Crippen LogP contribution in [0.5, 0.6) is 0 Å². The van der Waals surface area contributed by atoms with Crippen molar-refractivity contribution in [2.24, 2.45) is 5.92 Å². The number of piperidine rings is 1. The SMILES string of the molecule is CC(C)(C)OC(=O)N1[C@@H](C(=O)N2CCCCC2)C[C@@H]2CCCC[C@@H]21. The Balaban J connectivity index is 1.79. The van der Waals surface area contributed by atoms with Crippen molar-refractivity contribution < 1.29 is 14.3 Å². The Morgan fingerprint density at radius 1 is 0.958 bits per heavy atom. The summed E-state index contributed by atoms with van der Waals surface area (Å²) in [6, 6.07) is -0.126. The summed E-state index contributed by atoms with van der Waals surface area (Å²) in [6.45, 7) is 7.35. The molecule has 2 amide bonds. The van der Waals surface area contributed by atoms with Crippen LogP contribution < -0.4 is 0 Å². The predicted molar refractivity (Wildman–Crippen MR) is 92.7 cm³/mol. The second kappa shape index (κ2) is 6.93. The van der Waals surface area contributed by atoms with Crippen LogP contribution in [0.2, 0.25) is 0 Å². The lowest BCUT2D eigenvalue weighted by molar-refractivity contribution is -0.137. The average molecular weight is 336 g/mol. The Morgan fingerprint density at radius 2 is 1.62 bits per heavy atom. The lowest BCUT2D eigenvalue weighted by atomic mass is 9.84. The first-order chi connectivity index (χ1) is 11.4. The Bertz CT molecular complexity index is 479. The van der Waals surface area contributed by atoms with Crippen LogP contribution in [-0.4, -0.2) is 52.6 Å². The van der Waals surface area contributed by atoms with E-state index in [4.69, 9.17) is 4.74 Å². The maximum absolute atomic E-state index is 13.1. The summed E-state index contributed by atoms with van der Waals surface area (Å²) >= 11 is 0. The summed E-state index contributed by atoms with van der Waals surface area (Å²) in [5.74, 6) is 0.611. The van der Waals surface area contributed by atoms with Crippen molar-refractivity contribution in [3.05, 3.63) is 0 Å². The summed E-state index contributed by atoms with van der Waals surface area (Å²) in [6.07, 6.45) is 8.39. The molecule has 0 spiro atoms. The molecule has 3 atom stereocenters. The first kappa shape index (κ1) is 17.6. The summed E-state index contributed by atoms with van der Waals surface area (Å²) in [5, 5.41) is 0. The molecule has 24 heavy (non-hydrogen) atoms. The van der Waals surface area contributed by atoms with E-state index < -0.39 is 5.60 Å². The van der Waals surface area contributed by atoms with Crippen LogP contribution in [0.4, 0.5) is 4.79 Å². The van der Waals surface area contributed by atoms with Crippen molar-refractivity contribution in [1.29, 1.82) is 0 Å². The zero-order valence-electron chi connectivity index (χ0n) is 15.4. The molecule has 5 nitrogen and oxygen atoms in total. The number of carbonyl (C=O) groups excluding carboxylic acids is 2. The third kappa shape index (κ3) is 3.70. The number of hydrogen-bond donors (Lipinski definition) is 0. The van der Waals surface area contributed by atoms with Crippen molar-refractivity contribution in [1.82, 2.24) is 9.80 Å². The predicted octanol–water partition coefficient (Wildman–Crippen LogP) is 3.57. The van der Waals surface area contributed by atoms with Gasteiger partial charge in [0.05, 0.1) is 0 Å². The van der Waals surface area contributed by atoms with Gasteiger partial charge in [-0.15, -0.1) is 0 Å². The first-order valence-corrected chi connectivity index (χ1v) is 9.67. The maximum atomic E-state index is 13.1. The molecule has 2 saturated heterocycles. The van der Waals surface area contributed by atoms with E-state index in [-0.39, 0.29) is 24.1 Å². The van der Waals surface area contributed by atoms with E-state index in [9.17, 15) is 9.59 Å². The normalized spacial score (nSPS) is 30.9. The molecule has 0 radical (unpaired) electrons. The van der Waals surface area contributed by atoms with E-state index in [0.29, 0.717) is 5.92 Å². The number of nitrogens with zero attached hydrogens (tertiary/aromatic N) is 2. The van der Waals surface area contributed by atoms with E-state index in [1.165, 1.54) is 12.8 Å². The molecule has 3 fully saturated rings. The fourth-order valence-electron chi connectivity index (χ4n) is 4.58. The Morgan fingerprint density at radius 3 is 2.29 bits per heavy atom. The van der Waals surface area contributed by atoms with Gasteiger partial charge in [-0.1, -0.05) is 12.8 Å². The summed E-state index contributed by atoms with van der Waals surface area (Å²) < 4.78 is 5.65. The highest BCUT2D eigenvalue weighted by molar-refractivity contribution is 5.86. The summed E-state index contributed by atoms with van der Waals surface area (Å²) in [4.78, 5) is 29.7. The van der Waals surface area contributed by atoms with Gasteiger partial charge in [-0.3, -0.25) is 9.69 Å². The van der Waals surface area contributed by atoms with Gasteiger partial charge in [0.1, 0.15) is 11.6 Å². The lowest BCUT2D eigenvalue weighted by Gasteiger charge is -2.36. The van der Waals surface area contributed by atoms with Crippen LogP contribution >= 0.6 is 0 Å². The smallest absolute Gasteiger partial charge is 0.411 e. The van der Waals surface area contributed by atoms with Crippen molar-refractivity contribution in [2.75, 3.05) is 13.1 Å². The minimum absolute atomic E-state index is 0.148. The van der Waals surface area contributed by atoms with E-state index in [1.807, 2.05) is 30.6 Å². The number of rotatable bonds is 1. The molecule has 2 aliphatic heterocycles. The molecule has 1 saturated carbocycles. The third-order valence-corrected chi connectivity index (χ3v) is 5.65. The first-order valence-electron chi connectivity index (χ1n) is 9.67. The van der Waals surface area contributed by atoms with Crippen LogP contribution in [0.15, 0.2) is 0 Å². The maximum Gasteiger partial charge on any atom is 0.411 e. The molecular formula is C19H32N2O3. The second-order valence-electron chi connectivity index (χ2n) is 8.64. The zero-order chi connectivity index (χ0) is 17.3. The van der Waals surface area contributed by atoms with Crippen molar-refractivity contribution in [3.63, 3.8) is 0 Å². The fraction of sp³-hybridized carbons (Fsp3) is 0.895. The summed E-state index contributed by atoms with van der Waals surface area (Å²) in [5.41, 5.74) is -0.525. The molecule has 0 unspecified atom stereocenters. The minimum Gasteiger partial charge on any atom is -0.444 e. The highest BCUT2D eigenvalue weighted by atomic mass is 16.6. The Hall–Kier alpha value is -1.26. The Labute approximate surface area is 145 Å². The van der Waals surface area contributed by atoms with Gasteiger partial charge in [0, 0.05) is 19.1 Å². The third-order valence-electron chi connectivity index (χ3n) is 5.65. The summed E-state index contributed by atoms with van der Waals surface area (Å²) in [7, 11) is 0. The molecule has 3 rings (SSSR count). The number of likely N-dealkylation sites (tertiary alicyclic amines) is 2. The topological polar surface area (TPSA) is 49.9 Å². The number of amides is 2. The Kier molecular flexibility index (Phi) is 5.07. The van der Waals surface area contributed by atoms with Crippen LogP contribution in [0.3, 0.4) is 0 Å². The largest absolute Gasteiger partial charge is 0.444 e. The van der Waals surface area contributed by atoms with Crippen molar-refractivity contribution in [2.45, 2.75) is 89.8 Å². The molecule has 2 heterocycles. The van der Waals surface area contributed by atoms with Gasteiger partial charge in [-0.2, -0.15) is 0 Å². The van der Waals surface area contributed by atoms with E-state index in [1.54, 1.807) is 0 Å². The van der Waals surface area contributed by atoms with Gasteiger partial charge in [-0.25, -0.2) is 4.79 Å². The van der Waals surface area contributed by atoms with Gasteiger partial charge in [-0.05, 0) is 65.2 Å². The second-order valence-corrected chi connectivity index (χ2v) is 8.64. The van der Waals surface area contributed by atoms with Gasteiger partial charge in [0.25, 0.3) is 0 Å². The fourth-order valence-corrected chi connectivity index (χ4v) is 4.58. The molecule has 0 aromatic rings. The number of fused-ring (bicyclic) bond motifs is 1. The van der Waals surface area contributed by atoms with Gasteiger partial charge >= 0.3 is 6.09 Å². The molecule has 3 aliphatic rings. The standard InChI is InChI=1S/C19H32N2O3/c1-19(2,3)24-18(23)21-15-10-6-5-9-14(15)13-16(21)17(22)20-11-7-4-8-12-20/h14-16H,4-13H2,1-3H3/t14-,15-,16+/m0/s1. The zero-order valence-corrected chi connectivity index (χ0v) is 15.4. The van der Waals surface area contributed by atoms with Crippen LogP contribution in [0, 0.1) is 5.92 Å². The highest BCUT2D eigenvalue weighted by Gasteiger charge is 2.49. The number of carbonyl (C=O) groups is 2. The van der Waals surface area contributed by atoms with E-state index in [2.05, 4.69) is 0 Å². The van der Waals surface area contributed by atoms with Gasteiger partial charge in [0.15, 0.2) is 0 Å². The number of ether oxygens (including phenoxy) is 1. The van der Waals surface area contributed by atoms with Gasteiger partial charge in [0.2, 0.25) is 5.91 Å². The van der Waals surface area contributed by atoms with E-state index >= 15 is 0 Å². The van der Waals surface area contributed by atoms with Crippen LogP contribution in [0.25, 0.3) is 0 Å². The highest BCUT2D eigenvalue weighted by Crippen LogP contribution is 2.41. The van der Waals surface area contributed by atoms with Crippen molar-refractivity contribution >= 4 is 12.0 Å². The molecule has 136 valence electrons. The van der Waals surface area contributed by atoms with Gasteiger partial charge < -0.3 is 9.64 Å². The molecule has 5 heteroatoms. The minimum atomic E-state index is -0.525. The monoisotopic (exact) mass is 336 g/mol. The van der Waals surface area contributed by atoms with Crippen LogP contribution in [-0.2, 0) is 9.53 Å². The lowest BCUT2D eigenvalue weighted by Crippen LogP contribution is -2.52. The molecular weight excluding hydrogens is 304 g/mol.